The van der Waals surface area contributed by atoms with Crippen molar-refractivity contribution in [2.45, 2.75) is 0 Å². The number of nitrogens with one attached hydrogen (secondary N) is 1. The molecule has 0 fully saturated rings. The Bertz CT molecular complexity index is 423. The molecule has 1 N–H and O–H groups in total. The van der Waals surface area contributed by atoms with Crippen molar-refractivity contribution in [3.63, 3.8) is 0 Å². The minimum absolute atomic E-state index is 0.525. The van der Waals surface area contributed by atoms with Gasteiger partial charge in [-0.2, -0.15) is 5.10 Å². The zero-order chi connectivity index (χ0) is 9.80. The molecule has 2 rings (SSSR count). The van der Waals surface area contributed by atoms with E-state index in [9.17, 15) is 4.79 Å². The summed E-state index contributed by atoms with van der Waals surface area (Å²) in [5.74, 6) is 0.525. The molecule has 70 valence electrons. The van der Waals surface area contributed by atoms with Crippen LogP contribution in [0.1, 0.15) is 0 Å². The van der Waals surface area contributed by atoms with E-state index in [4.69, 9.17) is 0 Å². The summed E-state index contributed by atoms with van der Waals surface area (Å²) < 4.78 is 1.66. The summed E-state index contributed by atoms with van der Waals surface area (Å²) in [5.41, 5.74) is 0.902. The van der Waals surface area contributed by atoms with E-state index in [-0.39, 0.29) is 0 Å². The van der Waals surface area contributed by atoms with Crippen molar-refractivity contribution < 1.29 is 4.79 Å². The van der Waals surface area contributed by atoms with Gasteiger partial charge in [-0.1, -0.05) is 0 Å². The van der Waals surface area contributed by atoms with Crippen molar-refractivity contribution in [3.8, 4) is 5.69 Å². The second kappa shape index (κ2) is 3.69. The van der Waals surface area contributed by atoms with Crippen molar-refractivity contribution in [3.05, 3.63) is 36.8 Å². The lowest BCUT2D eigenvalue weighted by Gasteiger charge is -1.98. The monoisotopic (exact) mass is 188 g/mol. The second-order valence-corrected chi connectivity index (χ2v) is 2.61. The van der Waals surface area contributed by atoms with E-state index in [0.717, 1.165) is 5.69 Å². The number of rotatable bonds is 3. The molecule has 5 heteroatoms. The Balaban J connectivity index is 2.29. The first-order valence-electron chi connectivity index (χ1n) is 4.06. The lowest BCUT2D eigenvalue weighted by molar-refractivity contribution is -0.105. The van der Waals surface area contributed by atoms with E-state index >= 15 is 0 Å². The van der Waals surface area contributed by atoms with E-state index in [1.807, 2.05) is 12.1 Å². The summed E-state index contributed by atoms with van der Waals surface area (Å²) in [6.07, 6.45) is 5.73. The molecule has 1 amide bonds. The molecule has 0 radical (unpaired) electrons. The largest absolute Gasteiger partial charge is 0.312 e. The molecule has 0 unspecified atom stereocenters. The predicted octanol–water partition coefficient (Wildman–Crippen LogP) is 0.836. The zero-order valence-corrected chi connectivity index (χ0v) is 7.29. The van der Waals surface area contributed by atoms with Gasteiger partial charge in [0.1, 0.15) is 0 Å². The summed E-state index contributed by atoms with van der Waals surface area (Å²) in [6, 6.07) is 5.38. The molecule has 2 aromatic rings. The van der Waals surface area contributed by atoms with Gasteiger partial charge < -0.3 is 5.32 Å². The summed E-state index contributed by atoms with van der Waals surface area (Å²) in [4.78, 5) is 14.1. The first-order chi connectivity index (χ1) is 6.90. The standard InChI is InChI=1S/C9H8N4O/c14-7-11-9-3-6-13(12-9)8-1-4-10-5-2-8/h1-7H,(H,11,12,14). The van der Waals surface area contributed by atoms with Crippen molar-refractivity contribution in [1.29, 1.82) is 0 Å². The Hall–Kier alpha value is -2.17. The molecule has 0 aliphatic rings. The fourth-order valence-electron chi connectivity index (χ4n) is 1.10. The van der Waals surface area contributed by atoms with Gasteiger partial charge >= 0.3 is 0 Å². The van der Waals surface area contributed by atoms with Crippen LogP contribution in [-0.2, 0) is 4.79 Å². The topological polar surface area (TPSA) is 59.8 Å². The molecule has 0 atom stereocenters. The number of aromatic nitrogens is 3. The van der Waals surface area contributed by atoms with Crippen LogP contribution in [0.5, 0.6) is 0 Å². The number of pyridine rings is 1. The summed E-state index contributed by atoms with van der Waals surface area (Å²) >= 11 is 0. The molecule has 0 bridgehead atoms. The molecule has 5 nitrogen and oxygen atoms in total. The van der Waals surface area contributed by atoms with Crippen LogP contribution in [-0.4, -0.2) is 21.2 Å². The maximum absolute atomic E-state index is 10.1. The van der Waals surface area contributed by atoms with Crippen LogP contribution >= 0.6 is 0 Å². The average molecular weight is 188 g/mol. The number of hydrogen-bond donors (Lipinski definition) is 1. The molecule has 0 aliphatic carbocycles. The van der Waals surface area contributed by atoms with Crippen LogP contribution < -0.4 is 5.32 Å². The van der Waals surface area contributed by atoms with Gasteiger partial charge in [0.25, 0.3) is 0 Å². The Morgan fingerprint density at radius 2 is 2.07 bits per heavy atom. The van der Waals surface area contributed by atoms with E-state index in [1.54, 1.807) is 29.3 Å². The molecule has 0 saturated carbocycles. The summed E-state index contributed by atoms with van der Waals surface area (Å²) in [7, 11) is 0. The van der Waals surface area contributed by atoms with Gasteiger partial charge in [-0.3, -0.25) is 9.78 Å². The highest BCUT2D eigenvalue weighted by Gasteiger charge is 1.98. The van der Waals surface area contributed by atoms with E-state index in [2.05, 4.69) is 15.4 Å². The van der Waals surface area contributed by atoms with Crippen molar-refractivity contribution in [2.24, 2.45) is 0 Å². The van der Waals surface area contributed by atoms with Gasteiger partial charge in [-0.05, 0) is 12.1 Å². The maximum Gasteiger partial charge on any atom is 0.212 e. The Morgan fingerprint density at radius 1 is 1.29 bits per heavy atom. The fraction of sp³-hybridized carbons (Fsp3) is 0. The van der Waals surface area contributed by atoms with Gasteiger partial charge in [-0.25, -0.2) is 4.68 Å². The fourth-order valence-corrected chi connectivity index (χ4v) is 1.10. The molecule has 0 saturated heterocycles. The summed E-state index contributed by atoms with van der Waals surface area (Å²) in [5, 5.41) is 6.59. The van der Waals surface area contributed by atoms with Crippen LogP contribution in [0.25, 0.3) is 5.69 Å². The third-order valence-electron chi connectivity index (χ3n) is 1.72. The normalized spacial score (nSPS) is 9.71. The molecular weight excluding hydrogens is 180 g/mol. The number of anilines is 1. The Morgan fingerprint density at radius 3 is 2.79 bits per heavy atom. The number of nitrogens with zero attached hydrogens (tertiary/aromatic N) is 3. The SMILES string of the molecule is O=CNc1ccn(-c2ccncc2)n1. The quantitative estimate of drug-likeness (QED) is 0.726. The first-order valence-corrected chi connectivity index (χ1v) is 4.06. The van der Waals surface area contributed by atoms with Crippen LogP contribution in [0.15, 0.2) is 36.8 Å². The van der Waals surface area contributed by atoms with Crippen molar-refractivity contribution in [1.82, 2.24) is 14.8 Å². The molecule has 2 heterocycles. The highest BCUT2D eigenvalue weighted by atomic mass is 16.1. The van der Waals surface area contributed by atoms with E-state index in [0.29, 0.717) is 12.2 Å². The third kappa shape index (κ3) is 1.61. The molecular formula is C9H8N4O. The van der Waals surface area contributed by atoms with Crippen molar-refractivity contribution in [2.75, 3.05) is 5.32 Å². The number of carbonyl (C=O) groups excluding carboxylic acids is 1. The second-order valence-electron chi connectivity index (χ2n) is 2.61. The summed E-state index contributed by atoms with van der Waals surface area (Å²) in [6.45, 7) is 0. The van der Waals surface area contributed by atoms with Crippen molar-refractivity contribution >= 4 is 12.2 Å². The van der Waals surface area contributed by atoms with Crippen LogP contribution in [0.2, 0.25) is 0 Å². The molecule has 0 aliphatic heterocycles. The first kappa shape index (κ1) is 8.43. The Labute approximate surface area is 80.4 Å². The minimum Gasteiger partial charge on any atom is -0.312 e. The number of hydrogen-bond acceptors (Lipinski definition) is 3. The average Bonchev–Trinajstić information content (AvgIpc) is 2.68. The van der Waals surface area contributed by atoms with Gasteiger partial charge in [0.05, 0.1) is 5.69 Å². The van der Waals surface area contributed by atoms with Crippen LogP contribution in [0, 0.1) is 0 Å². The minimum atomic E-state index is 0.525. The van der Waals surface area contributed by atoms with Crippen LogP contribution in [0.3, 0.4) is 0 Å². The predicted molar refractivity (Wildman–Crippen MR) is 51.0 cm³/mol. The van der Waals surface area contributed by atoms with E-state index in [1.165, 1.54) is 0 Å². The Kier molecular flexibility index (Phi) is 2.22. The molecule has 0 spiro atoms. The smallest absolute Gasteiger partial charge is 0.212 e. The van der Waals surface area contributed by atoms with Gasteiger partial charge in [0.15, 0.2) is 5.82 Å². The number of amides is 1. The molecule has 2 aromatic heterocycles. The number of carbonyl (C=O) groups is 1. The van der Waals surface area contributed by atoms with Gasteiger partial charge in [0, 0.05) is 24.7 Å². The zero-order valence-electron chi connectivity index (χ0n) is 7.29. The lowest BCUT2D eigenvalue weighted by atomic mass is 10.4. The molecule has 0 aromatic carbocycles. The maximum atomic E-state index is 10.1. The third-order valence-corrected chi connectivity index (χ3v) is 1.72. The van der Waals surface area contributed by atoms with E-state index < -0.39 is 0 Å². The molecule has 14 heavy (non-hydrogen) atoms. The lowest BCUT2D eigenvalue weighted by Crippen LogP contribution is -1.98. The van der Waals surface area contributed by atoms with Crippen LogP contribution in [0.4, 0.5) is 5.82 Å². The van der Waals surface area contributed by atoms with Gasteiger partial charge in [-0.15, -0.1) is 0 Å². The highest BCUT2D eigenvalue weighted by Crippen LogP contribution is 2.07. The highest BCUT2D eigenvalue weighted by molar-refractivity contribution is 5.68. The van der Waals surface area contributed by atoms with Gasteiger partial charge in [0.2, 0.25) is 6.41 Å².